The number of carboxylic acid groups (broad SMARTS) is 1. The molecule has 1 saturated carbocycles. The van der Waals surface area contributed by atoms with E-state index in [4.69, 9.17) is 5.11 Å². The molecule has 1 aliphatic carbocycles. The fourth-order valence-electron chi connectivity index (χ4n) is 2.00. The van der Waals surface area contributed by atoms with Crippen molar-refractivity contribution in [3.8, 4) is 0 Å². The standard InChI is InChI=1S/C10H18O3S/c1-2-9(10(11)12)14(13)7-8-5-3-4-6-8/h8-9H,2-7H2,1H3,(H,11,12). The molecular weight excluding hydrogens is 200 g/mol. The Hall–Kier alpha value is -0.380. The molecule has 0 saturated heterocycles. The van der Waals surface area contributed by atoms with Gasteiger partial charge in [0, 0.05) is 16.6 Å². The van der Waals surface area contributed by atoms with Gasteiger partial charge in [-0.25, -0.2) is 0 Å². The number of carboxylic acids is 1. The van der Waals surface area contributed by atoms with Crippen molar-refractivity contribution < 1.29 is 14.1 Å². The van der Waals surface area contributed by atoms with Crippen LogP contribution in [0.1, 0.15) is 39.0 Å². The van der Waals surface area contributed by atoms with Gasteiger partial charge in [0.25, 0.3) is 0 Å². The van der Waals surface area contributed by atoms with Gasteiger partial charge in [0.05, 0.1) is 0 Å². The molecule has 1 N–H and O–H groups in total. The fraction of sp³-hybridized carbons (Fsp3) is 0.900. The van der Waals surface area contributed by atoms with E-state index in [0.717, 1.165) is 12.8 Å². The lowest BCUT2D eigenvalue weighted by atomic mass is 10.1. The van der Waals surface area contributed by atoms with Crippen LogP contribution in [0.25, 0.3) is 0 Å². The summed E-state index contributed by atoms with van der Waals surface area (Å²) in [6.45, 7) is 1.78. The zero-order valence-electron chi connectivity index (χ0n) is 8.57. The van der Waals surface area contributed by atoms with Crippen molar-refractivity contribution in [3.63, 3.8) is 0 Å². The zero-order chi connectivity index (χ0) is 10.6. The molecule has 0 aliphatic heterocycles. The van der Waals surface area contributed by atoms with Crippen molar-refractivity contribution >= 4 is 16.8 Å². The van der Waals surface area contributed by atoms with Gasteiger partial charge >= 0.3 is 5.97 Å². The second-order valence-corrected chi connectivity index (χ2v) is 5.60. The highest BCUT2D eigenvalue weighted by Gasteiger charge is 2.26. The van der Waals surface area contributed by atoms with Gasteiger partial charge in [0.2, 0.25) is 0 Å². The van der Waals surface area contributed by atoms with E-state index in [9.17, 15) is 9.00 Å². The number of aliphatic carboxylic acids is 1. The third-order valence-corrected chi connectivity index (χ3v) is 4.81. The molecule has 2 atom stereocenters. The van der Waals surface area contributed by atoms with E-state index < -0.39 is 22.0 Å². The van der Waals surface area contributed by atoms with Gasteiger partial charge in [-0.15, -0.1) is 0 Å². The Morgan fingerprint density at radius 1 is 1.50 bits per heavy atom. The van der Waals surface area contributed by atoms with Crippen molar-refractivity contribution in [2.75, 3.05) is 5.75 Å². The van der Waals surface area contributed by atoms with Crippen LogP contribution in [0.4, 0.5) is 0 Å². The summed E-state index contributed by atoms with van der Waals surface area (Å²) in [7, 11) is -1.18. The first-order valence-electron chi connectivity index (χ1n) is 5.25. The second kappa shape index (κ2) is 5.49. The van der Waals surface area contributed by atoms with E-state index >= 15 is 0 Å². The van der Waals surface area contributed by atoms with E-state index in [1.807, 2.05) is 0 Å². The maximum absolute atomic E-state index is 11.7. The van der Waals surface area contributed by atoms with E-state index in [-0.39, 0.29) is 0 Å². The number of carbonyl (C=O) groups is 1. The number of rotatable bonds is 5. The molecule has 0 aromatic rings. The van der Waals surface area contributed by atoms with Gasteiger partial charge in [-0.3, -0.25) is 9.00 Å². The lowest BCUT2D eigenvalue weighted by molar-refractivity contribution is -0.136. The molecule has 4 heteroatoms. The summed E-state index contributed by atoms with van der Waals surface area (Å²) in [5, 5.41) is 8.17. The Kier molecular flexibility index (Phi) is 4.58. The minimum atomic E-state index is -1.18. The third-order valence-electron chi connectivity index (χ3n) is 2.84. The van der Waals surface area contributed by atoms with Gasteiger partial charge in [0.15, 0.2) is 0 Å². The van der Waals surface area contributed by atoms with E-state index in [2.05, 4.69) is 0 Å². The molecule has 3 nitrogen and oxygen atoms in total. The Bertz CT molecular complexity index is 221. The van der Waals surface area contributed by atoms with Gasteiger partial charge in [-0.1, -0.05) is 19.8 Å². The van der Waals surface area contributed by atoms with Crippen LogP contribution < -0.4 is 0 Å². The predicted molar refractivity (Wildman–Crippen MR) is 56.7 cm³/mol. The average molecular weight is 218 g/mol. The first-order valence-corrected chi connectivity index (χ1v) is 6.63. The van der Waals surface area contributed by atoms with Crippen molar-refractivity contribution in [1.29, 1.82) is 0 Å². The Morgan fingerprint density at radius 2 is 2.07 bits per heavy atom. The monoisotopic (exact) mass is 218 g/mol. The van der Waals surface area contributed by atoms with Crippen LogP contribution in [0.5, 0.6) is 0 Å². The predicted octanol–water partition coefficient (Wildman–Crippen LogP) is 1.79. The molecule has 0 radical (unpaired) electrons. The van der Waals surface area contributed by atoms with E-state index in [0.29, 0.717) is 18.1 Å². The van der Waals surface area contributed by atoms with Crippen molar-refractivity contribution in [2.24, 2.45) is 5.92 Å². The van der Waals surface area contributed by atoms with Gasteiger partial charge in [0.1, 0.15) is 5.25 Å². The smallest absolute Gasteiger partial charge is 0.319 e. The molecule has 0 bridgehead atoms. The first kappa shape index (κ1) is 11.7. The van der Waals surface area contributed by atoms with Crippen LogP contribution >= 0.6 is 0 Å². The van der Waals surface area contributed by atoms with Crippen molar-refractivity contribution in [3.05, 3.63) is 0 Å². The second-order valence-electron chi connectivity index (χ2n) is 3.93. The Morgan fingerprint density at radius 3 is 2.50 bits per heavy atom. The van der Waals surface area contributed by atoms with Crippen molar-refractivity contribution in [2.45, 2.75) is 44.3 Å². The minimum absolute atomic E-state index is 0.467. The minimum Gasteiger partial charge on any atom is -0.480 e. The first-order chi connectivity index (χ1) is 6.65. The third kappa shape index (κ3) is 3.08. The topological polar surface area (TPSA) is 54.4 Å². The van der Waals surface area contributed by atoms with Crippen LogP contribution in [-0.4, -0.2) is 26.3 Å². The van der Waals surface area contributed by atoms with E-state index in [1.54, 1.807) is 6.92 Å². The van der Waals surface area contributed by atoms with Crippen LogP contribution in [0, 0.1) is 5.92 Å². The molecule has 82 valence electrons. The van der Waals surface area contributed by atoms with Gasteiger partial charge in [-0.2, -0.15) is 0 Å². The number of hydrogen-bond acceptors (Lipinski definition) is 2. The lowest BCUT2D eigenvalue weighted by Gasteiger charge is -2.13. The zero-order valence-corrected chi connectivity index (χ0v) is 9.39. The number of hydrogen-bond donors (Lipinski definition) is 1. The summed E-state index contributed by atoms with van der Waals surface area (Å²) in [5.41, 5.74) is 0. The largest absolute Gasteiger partial charge is 0.480 e. The Balaban J connectivity index is 2.42. The highest BCUT2D eigenvalue weighted by molar-refractivity contribution is 7.86. The molecule has 2 unspecified atom stereocenters. The van der Waals surface area contributed by atoms with Crippen LogP contribution in [-0.2, 0) is 15.6 Å². The molecule has 1 rings (SSSR count). The quantitative estimate of drug-likeness (QED) is 0.765. The summed E-state index contributed by atoms with van der Waals surface area (Å²) < 4.78 is 11.7. The maximum Gasteiger partial charge on any atom is 0.319 e. The van der Waals surface area contributed by atoms with Crippen molar-refractivity contribution in [1.82, 2.24) is 0 Å². The molecule has 14 heavy (non-hydrogen) atoms. The summed E-state index contributed by atoms with van der Waals surface area (Å²) in [6, 6.07) is 0. The van der Waals surface area contributed by atoms with Gasteiger partial charge in [-0.05, 0) is 25.2 Å². The molecule has 0 aromatic carbocycles. The van der Waals surface area contributed by atoms with Crippen LogP contribution in [0.2, 0.25) is 0 Å². The Labute approximate surface area is 87.3 Å². The van der Waals surface area contributed by atoms with Gasteiger partial charge < -0.3 is 5.11 Å². The SMILES string of the molecule is CCC(C(=O)O)S(=O)CC1CCCC1. The van der Waals surface area contributed by atoms with E-state index in [1.165, 1.54) is 12.8 Å². The molecule has 1 fully saturated rings. The summed E-state index contributed by atoms with van der Waals surface area (Å²) in [4.78, 5) is 10.8. The molecule has 0 aromatic heterocycles. The average Bonchev–Trinajstić information content (AvgIpc) is 2.57. The van der Waals surface area contributed by atoms with Crippen LogP contribution in [0.15, 0.2) is 0 Å². The molecule has 0 heterocycles. The molecule has 0 amide bonds. The summed E-state index contributed by atoms with van der Waals surface area (Å²) >= 11 is 0. The molecule has 1 aliphatic rings. The molecular formula is C10H18O3S. The normalized spacial score (nSPS) is 22.1. The fourth-order valence-corrected chi connectivity index (χ4v) is 3.63. The summed E-state index contributed by atoms with van der Waals surface area (Å²) in [6.07, 6.45) is 5.15. The summed E-state index contributed by atoms with van der Waals surface area (Å²) in [5.74, 6) is 0.179. The molecule has 0 spiro atoms. The highest BCUT2D eigenvalue weighted by atomic mass is 32.2. The maximum atomic E-state index is 11.7. The lowest BCUT2D eigenvalue weighted by Crippen LogP contribution is -2.28. The highest BCUT2D eigenvalue weighted by Crippen LogP contribution is 2.26. The van der Waals surface area contributed by atoms with Crippen LogP contribution in [0.3, 0.4) is 0 Å².